The van der Waals surface area contributed by atoms with Gasteiger partial charge >= 0.3 is 0 Å². The lowest BCUT2D eigenvalue weighted by molar-refractivity contribution is 0.104. The Morgan fingerprint density at radius 3 is 2.73 bits per heavy atom. The van der Waals surface area contributed by atoms with Gasteiger partial charge in [-0.3, -0.25) is 9.78 Å². The largest absolute Gasteiger partial charge is 0.350 e. The maximum atomic E-state index is 12.7. The van der Waals surface area contributed by atoms with Crippen molar-refractivity contribution in [3.63, 3.8) is 0 Å². The number of carbonyl (C=O) groups is 1. The molecule has 3 aromatic rings. The Morgan fingerprint density at radius 1 is 1.23 bits per heavy atom. The first-order valence-corrected chi connectivity index (χ1v) is 6.82. The summed E-state index contributed by atoms with van der Waals surface area (Å²) in [5.74, 6) is -0.287. The second-order valence-electron chi connectivity index (χ2n) is 4.92. The third kappa shape index (κ3) is 2.40. The van der Waals surface area contributed by atoms with Crippen LogP contribution in [0.3, 0.4) is 0 Å². The molecule has 22 heavy (non-hydrogen) atoms. The molecular weight excluding hydrogens is 274 g/mol. The van der Waals surface area contributed by atoms with Crippen LogP contribution in [0, 0.1) is 11.3 Å². The van der Waals surface area contributed by atoms with E-state index in [2.05, 4.69) is 4.98 Å². The molecule has 0 radical (unpaired) electrons. The molecule has 0 saturated heterocycles. The maximum absolute atomic E-state index is 12.7. The van der Waals surface area contributed by atoms with Crippen LogP contribution in [0.5, 0.6) is 0 Å². The number of rotatable bonds is 3. The molecule has 0 N–H and O–H groups in total. The number of Topliss-reactive ketones (excluding diaryl/α,β-unsaturated/α-hetero) is 1. The van der Waals surface area contributed by atoms with Crippen molar-refractivity contribution in [1.29, 1.82) is 5.26 Å². The van der Waals surface area contributed by atoms with Crippen molar-refractivity contribution in [3.8, 4) is 6.07 Å². The summed E-state index contributed by atoms with van der Waals surface area (Å²) in [5, 5.41) is 10.2. The number of nitriles is 1. The normalized spacial score (nSPS) is 11.4. The van der Waals surface area contributed by atoms with Crippen molar-refractivity contribution in [2.45, 2.75) is 0 Å². The van der Waals surface area contributed by atoms with Gasteiger partial charge in [-0.05, 0) is 24.3 Å². The number of aryl methyl sites for hydroxylation is 1. The topological polar surface area (TPSA) is 58.7 Å². The molecule has 1 aromatic carbocycles. The first kappa shape index (κ1) is 13.8. The van der Waals surface area contributed by atoms with E-state index in [1.54, 1.807) is 24.5 Å². The standard InChI is InChI=1S/C18H13N3O/c1-21-12-16(15-7-2-3-8-17(15)21)18(22)13(11-19)10-14-6-4-5-9-20-14/h2-10,12H,1H3/b13-10+. The fourth-order valence-electron chi connectivity index (χ4n) is 2.43. The van der Waals surface area contributed by atoms with E-state index in [-0.39, 0.29) is 11.4 Å². The number of fused-ring (bicyclic) bond motifs is 1. The molecule has 106 valence electrons. The van der Waals surface area contributed by atoms with Crippen LogP contribution in [0.25, 0.3) is 17.0 Å². The van der Waals surface area contributed by atoms with Gasteiger partial charge in [-0.2, -0.15) is 5.26 Å². The molecule has 0 aliphatic carbocycles. The molecule has 2 aromatic heterocycles. The van der Waals surface area contributed by atoms with E-state index < -0.39 is 0 Å². The summed E-state index contributed by atoms with van der Waals surface area (Å²) in [6.45, 7) is 0. The molecule has 0 fully saturated rings. The van der Waals surface area contributed by atoms with Crippen molar-refractivity contribution >= 4 is 22.8 Å². The zero-order chi connectivity index (χ0) is 15.5. The zero-order valence-corrected chi connectivity index (χ0v) is 12.0. The number of pyridine rings is 1. The zero-order valence-electron chi connectivity index (χ0n) is 12.0. The van der Waals surface area contributed by atoms with Crippen LogP contribution in [-0.4, -0.2) is 15.3 Å². The van der Waals surface area contributed by atoms with Gasteiger partial charge in [-0.15, -0.1) is 0 Å². The van der Waals surface area contributed by atoms with Crippen LogP contribution in [0.1, 0.15) is 16.1 Å². The van der Waals surface area contributed by atoms with Crippen molar-refractivity contribution < 1.29 is 4.79 Å². The fraction of sp³-hybridized carbons (Fsp3) is 0.0556. The molecule has 0 aliphatic heterocycles. The van der Waals surface area contributed by atoms with Crippen molar-refractivity contribution in [2.75, 3.05) is 0 Å². The Hall–Kier alpha value is -3.19. The van der Waals surface area contributed by atoms with Crippen LogP contribution >= 0.6 is 0 Å². The number of nitrogens with zero attached hydrogens (tertiary/aromatic N) is 3. The quantitative estimate of drug-likeness (QED) is 0.421. The summed E-state index contributed by atoms with van der Waals surface area (Å²) in [4.78, 5) is 16.8. The summed E-state index contributed by atoms with van der Waals surface area (Å²) in [6.07, 6.45) is 4.91. The van der Waals surface area contributed by atoms with Crippen LogP contribution < -0.4 is 0 Å². The number of ketones is 1. The Balaban J connectivity index is 2.09. The van der Waals surface area contributed by atoms with E-state index >= 15 is 0 Å². The van der Waals surface area contributed by atoms with Crippen molar-refractivity contribution in [3.05, 3.63) is 71.7 Å². The molecule has 0 unspecified atom stereocenters. The summed E-state index contributed by atoms with van der Waals surface area (Å²) >= 11 is 0. The van der Waals surface area contributed by atoms with Gasteiger partial charge in [0.25, 0.3) is 0 Å². The molecule has 4 nitrogen and oxygen atoms in total. The number of benzene rings is 1. The van der Waals surface area contributed by atoms with Crippen molar-refractivity contribution in [1.82, 2.24) is 9.55 Å². The lowest BCUT2D eigenvalue weighted by atomic mass is 10.0. The smallest absolute Gasteiger partial charge is 0.205 e. The Labute approximate surface area is 127 Å². The SMILES string of the molecule is Cn1cc(C(=O)/C(C#N)=C/c2ccccn2)c2ccccc21. The van der Waals surface area contributed by atoms with E-state index in [0.29, 0.717) is 11.3 Å². The molecular formula is C18H13N3O. The van der Waals surface area contributed by atoms with Crippen LogP contribution in [0.2, 0.25) is 0 Å². The van der Waals surface area contributed by atoms with Gasteiger partial charge in [0.05, 0.1) is 5.69 Å². The van der Waals surface area contributed by atoms with E-state index in [0.717, 1.165) is 10.9 Å². The number of hydrogen-bond acceptors (Lipinski definition) is 3. The lowest BCUT2D eigenvalue weighted by Gasteiger charge is -1.98. The molecule has 4 heteroatoms. The summed E-state index contributed by atoms with van der Waals surface area (Å²) in [7, 11) is 1.88. The molecule has 0 aliphatic rings. The van der Waals surface area contributed by atoms with Gasteiger partial charge in [-0.25, -0.2) is 0 Å². The first-order chi connectivity index (χ1) is 10.7. The summed E-state index contributed by atoms with van der Waals surface area (Å²) in [6, 6.07) is 15.0. The number of hydrogen-bond donors (Lipinski definition) is 0. The minimum Gasteiger partial charge on any atom is -0.350 e. The van der Waals surface area contributed by atoms with Gasteiger partial charge in [0.15, 0.2) is 0 Å². The fourth-order valence-corrected chi connectivity index (χ4v) is 2.43. The third-order valence-corrected chi connectivity index (χ3v) is 3.49. The Bertz CT molecular complexity index is 914. The molecule has 0 saturated carbocycles. The molecule has 3 rings (SSSR count). The minimum absolute atomic E-state index is 0.0788. The molecule has 0 atom stereocenters. The lowest BCUT2D eigenvalue weighted by Crippen LogP contribution is -2.01. The minimum atomic E-state index is -0.287. The second-order valence-corrected chi connectivity index (χ2v) is 4.92. The van der Waals surface area contributed by atoms with Gasteiger partial charge in [0.2, 0.25) is 5.78 Å². The molecule has 2 heterocycles. The summed E-state index contributed by atoms with van der Waals surface area (Å²) in [5.41, 5.74) is 2.16. The molecule has 0 spiro atoms. The Morgan fingerprint density at radius 2 is 2.00 bits per heavy atom. The highest BCUT2D eigenvalue weighted by atomic mass is 16.1. The van der Waals surface area contributed by atoms with Gasteiger partial charge in [0, 0.05) is 35.9 Å². The van der Waals surface area contributed by atoms with E-state index in [1.807, 2.05) is 48.0 Å². The number of allylic oxidation sites excluding steroid dienone is 1. The average molecular weight is 287 g/mol. The second kappa shape index (κ2) is 5.66. The number of para-hydroxylation sites is 1. The first-order valence-electron chi connectivity index (χ1n) is 6.82. The van der Waals surface area contributed by atoms with Crippen molar-refractivity contribution in [2.24, 2.45) is 7.05 Å². The summed E-state index contributed by atoms with van der Waals surface area (Å²) < 4.78 is 1.89. The third-order valence-electron chi connectivity index (χ3n) is 3.49. The number of aromatic nitrogens is 2. The van der Waals surface area contributed by atoms with Crippen LogP contribution in [0.15, 0.2) is 60.4 Å². The van der Waals surface area contributed by atoms with Crippen LogP contribution in [0.4, 0.5) is 0 Å². The molecule has 0 bridgehead atoms. The highest BCUT2D eigenvalue weighted by Crippen LogP contribution is 2.23. The predicted octanol–water partition coefficient (Wildman–Crippen LogP) is 3.36. The van der Waals surface area contributed by atoms with E-state index in [4.69, 9.17) is 0 Å². The number of carbonyl (C=O) groups excluding carboxylic acids is 1. The maximum Gasteiger partial charge on any atom is 0.205 e. The van der Waals surface area contributed by atoms with E-state index in [1.165, 1.54) is 6.08 Å². The van der Waals surface area contributed by atoms with Gasteiger partial charge in [-0.1, -0.05) is 24.3 Å². The van der Waals surface area contributed by atoms with E-state index in [9.17, 15) is 10.1 Å². The highest BCUT2D eigenvalue weighted by molar-refractivity contribution is 6.19. The average Bonchev–Trinajstić information content (AvgIpc) is 2.90. The van der Waals surface area contributed by atoms with Crippen LogP contribution in [-0.2, 0) is 7.05 Å². The van der Waals surface area contributed by atoms with Gasteiger partial charge in [0.1, 0.15) is 11.6 Å². The monoisotopic (exact) mass is 287 g/mol. The van der Waals surface area contributed by atoms with Gasteiger partial charge < -0.3 is 4.57 Å². The highest BCUT2D eigenvalue weighted by Gasteiger charge is 2.17. The Kier molecular flexibility index (Phi) is 3.55. The molecule has 0 amide bonds. The predicted molar refractivity (Wildman–Crippen MR) is 85.1 cm³/mol.